The van der Waals surface area contributed by atoms with Crippen LogP contribution in [-0.4, -0.2) is 57.8 Å². The normalized spacial score (nSPS) is 19.7. The lowest BCUT2D eigenvalue weighted by molar-refractivity contribution is -0.0425. The molecule has 1 saturated heterocycles. The minimum atomic E-state index is -2.91. The maximum absolute atomic E-state index is 15.0. The fraction of sp³-hybridized carbons (Fsp3) is 0.417. The molecule has 3 aromatic heterocycles. The van der Waals surface area contributed by atoms with Gasteiger partial charge in [0.25, 0.3) is 5.92 Å². The highest BCUT2D eigenvalue weighted by Gasteiger charge is 2.46. The van der Waals surface area contributed by atoms with E-state index in [9.17, 15) is 8.78 Å². The molecule has 6 rings (SSSR count). The smallest absolute Gasteiger partial charge is 0.258 e. The van der Waals surface area contributed by atoms with Gasteiger partial charge < -0.3 is 9.80 Å². The highest BCUT2D eigenvalue weighted by Crippen LogP contribution is 2.43. The van der Waals surface area contributed by atoms with Gasteiger partial charge in [-0.2, -0.15) is 15.1 Å². The van der Waals surface area contributed by atoms with E-state index >= 15 is 8.78 Å². The first-order valence-corrected chi connectivity index (χ1v) is 12.5. The average Bonchev–Trinajstić information content (AvgIpc) is 3.39. The molecule has 7 nitrogen and oxygen atoms in total. The predicted octanol–water partition coefficient (Wildman–Crippen LogP) is 5.26. The average molecular weight is 518 g/mol. The minimum absolute atomic E-state index is 0.0229. The fourth-order valence-electron chi connectivity index (χ4n) is 4.50. The van der Waals surface area contributed by atoms with Crippen LogP contribution in [0.1, 0.15) is 36.8 Å². The summed E-state index contributed by atoms with van der Waals surface area (Å²) in [6.07, 6.45) is 4.87. The maximum atomic E-state index is 15.0. The lowest BCUT2D eigenvalue weighted by atomic mass is 9.89. The molecule has 0 spiro atoms. The van der Waals surface area contributed by atoms with Crippen LogP contribution in [0.25, 0.3) is 21.6 Å². The highest BCUT2D eigenvalue weighted by molar-refractivity contribution is 7.22. The third-order valence-corrected chi connectivity index (χ3v) is 7.87. The summed E-state index contributed by atoms with van der Waals surface area (Å²) in [6.45, 7) is 0.00661. The van der Waals surface area contributed by atoms with Gasteiger partial charge in [0.15, 0.2) is 10.8 Å². The highest BCUT2D eigenvalue weighted by atomic mass is 32.1. The number of anilines is 2. The van der Waals surface area contributed by atoms with Crippen LogP contribution in [0, 0.1) is 11.6 Å². The van der Waals surface area contributed by atoms with Crippen LogP contribution in [0.3, 0.4) is 0 Å². The van der Waals surface area contributed by atoms with Crippen molar-refractivity contribution >= 4 is 32.8 Å². The third kappa shape index (κ3) is 4.06. The zero-order valence-electron chi connectivity index (χ0n) is 19.6. The number of fused-ring (bicyclic) bond motifs is 1. The monoisotopic (exact) mass is 517 g/mol. The Morgan fingerprint density at radius 2 is 1.92 bits per heavy atom. The van der Waals surface area contributed by atoms with Crippen molar-refractivity contribution in [3.05, 3.63) is 47.8 Å². The summed E-state index contributed by atoms with van der Waals surface area (Å²) in [7, 11) is 3.65. The summed E-state index contributed by atoms with van der Waals surface area (Å²) in [5.74, 6) is -5.28. The Balaban J connectivity index is 1.42. The van der Waals surface area contributed by atoms with Crippen molar-refractivity contribution in [2.45, 2.75) is 37.1 Å². The third-order valence-electron chi connectivity index (χ3n) is 6.66. The molecule has 12 heteroatoms. The number of alkyl halides is 2. The van der Waals surface area contributed by atoms with Gasteiger partial charge in [0, 0.05) is 57.0 Å². The molecule has 2 fully saturated rings. The van der Waals surface area contributed by atoms with E-state index in [-0.39, 0.29) is 36.7 Å². The van der Waals surface area contributed by atoms with Crippen LogP contribution in [0.5, 0.6) is 0 Å². The minimum Gasteiger partial charge on any atom is -0.354 e. The molecule has 36 heavy (non-hydrogen) atoms. The Morgan fingerprint density at radius 1 is 1.11 bits per heavy atom. The summed E-state index contributed by atoms with van der Waals surface area (Å²) in [5, 5.41) is 4.93. The Labute approximate surface area is 208 Å². The van der Waals surface area contributed by atoms with E-state index in [4.69, 9.17) is 0 Å². The molecule has 188 valence electrons. The van der Waals surface area contributed by atoms with Crippen LogP contribution in [0.4, 0.5) is 28.6 Å². The van der Waals surface area contributed by atoms with Crippen molar-refractivity contribution in [1.82, 2.24) is 24.7 Å². The van der Waals surface area contributed by atoms with E-state index in [2.05, 4.69) is 20.1 Å². The number of nitrogens with zero attached hydrogens (tertiary/aromatic N) is 7. The van der Waals surface area contributed by atoms with Gasteiger partial charge in [-0.15, -0.1) is 0 Å². The maximum Gasteiger partial charge on any atom is 0.258 e. The summed E-state index contributed by atoms with van der Waals surface area (Å²) in [6, 6.07) is 3.58. The number of hydrogen-bond donors (Lipinski definition) is 0. The molecule has 0 N–H and O–H groups in total. The number of hydrogen-bond acceptors (Lipinski definition) is 7. The van der Waals surface area contributed by atoms with Gasteiger partial charge in [-0.25, -0.2) is 22.5 Å². The molecule has 0 bridgehead atoms. The van der Waals surface area contributed by atoms with Gasteiger partial charge in [-0.1, -0.05) is 11.3 Å². The van der Waals surface area contributed by atoms with Crippen LogP contribution in [-0.2, 0) is 0 Å². The van der Waals surface area contributed by atoms with E-state index in [0.29, 0.717) is 27.1 Å². The predicted molar refractivity (Wildman–Crippen MR) is 130 cm³/mol. The zero-order valence-corrected chi connectivity index (χ0v) is 20.4. The van der Waals surface area contributed by atoms with E-state index in [1.807, 2.05) is 14.1 Å². The van der Waals surface area contributed by atoms with Gasteiger partial charge in [0.05, 0.1) is 23.9 Å². The fourth-order valence-corrected chi connectivity index (χ4v) is 5.44. The largest absolute Gasteiger partial charge is 0.354 e. The Bertz CT molecular complexity index is 1450. The molecule has 2 aliphatic rings. The second kappa shape index (κ2) is 8.39. The zero-order chi connectivity index (χ0) is 25.2. The number of rotatable bonds is 5. The summed E-state index contributed by atoms with van der Waals surface area (Å²) < 4.78 is 60.8. The first kappa shape index (κ1) is 23.1. The molecule has 1 atom stereocenters. The molecule has 4 aromatic rings. The molecule has 1 aromatic carbocycles. The van der Waals surface area contributed by atoms with Crippen molar-refractivity contribution in [2.75, 3.05) is 37.0 Å². The van der Waals surface area contributed by atoms with Gasteiger partial charge in [0.1, 0.15) is 16.3 Å². The lowest BCUT2D eigenvalue weighted by Gasteiger charge is -2.38. The lowest BCUT2D eigenvalue weighted by Crippen LogP contribution is -2.46. The number of halogens is 4. The second-order valence-electron chi connectivity index (χ2n) is 9.53. The Morgan fingerprint density at radius 3 is 2.64 bits per heavy atom. The van der Waals surface area contributed by atoms with Crippen molar-refractivity contribution in [2.24, 2.45) is 0 Å². The van der Waals surface area contributed by atoms with Crippen LogP contribution in [0.15, 0.2) is 30.6 Å². The van der Waals surface area contributed by atoms with E-state index in [0.717, 1.165) is 25.0 Å². The van der Waals surface area contributed by atoms with Gasteiger partial charge in [-0.3, -0.25) is 4.68 Å². The number of aromatic nitrogens is 5. The molecule has 0 amide bonds. The SMILES string of the molecule is CN(C)c1nc2nc(N3CCC(F)(F)[C@@H](c4cnn(C5CC5)c4)C3)nc(-c3ccc(F)cc3F)c2s1. The second-order valence-corrected chi connectivity index (χ2v) is 10.5. The van der Waals surface area contributed by atoms with Crippen molar-refractivity contribution in [3.8, 4) is 11.3 Å². The molecule has 1 saturated carbocycles. The first-order valence-electron chi connectivity index (χ1n) is 11.7. The molecule has 1 aliphatic carbocycles. The summed E-state index contributed by atoms with van der Waals surface area (Å²) in [5.41, 5.74) is 1.17. The Hall–Kier alpha value is -3.28. The quantitative estimate of drug-likeness (QED) is 0.337. The Kier molecular flexibility index (Phi) is 5.39. The van der Waals surface area contributed by atoms with Gasteiger partial charge in [0.2, 0.25) is 5.95 Å². The number of benzene rings is 1. The molecular formula is C24H23F4N7S. The molecule has 0 radical (unpaired) electrons. The van der Waals surface area contributed by atoms with Crippen molar-refractivity contribution < 1.29 is 17.6 Å². The molecule has 0 unspecified atom stereocenters. The summed E-state index contributed by atoms with van der Waals surface area (Å²) in [4.78, 5) is 17.2. The van der Waals surface area contributed by atoms with E-state index in [1.165, 1.54) is 23.6 Å². The molecular weight excluding hydrogens is 494 g/mol. The van der Waals surface area contributed by atoms with Crippen molar-refractivity contribution in [1.29, 1.82) is 0 Å². The van der Waals surface area contributed by atoms with Crippen LogP contribution >= 0.6 is 11.3 Å². The van der Waals surface area contributed by atoms with E-state index < -0.39 is 23.5 Å². The van der Waals surface area contributed by atoms with Gasteiger partial charge >= 0.3 is 0 Å². The number of piperidine rings is 1. The van der Waals surface area contributed by atoms with Crippen molar-refractivity contribution in [3.63, 3.8) is 0 Å². The number of thiazole rings is 1. The molecule has 1 aliphatic heterocycles. The van der Waals surface area contributed by atoms with E-state index in [1.54, 1.807) is 20.7 Å². The van der Waals surface area contributed by atoms with Crippen LogP contribution < -0.4 is 9.80 Å². The first-order chi connectivity index (χ1) is 17.2. The van der Waals surface area contributed by atoms with Gasteiger partial charge in [-0.05, 0) is 25.0 Å². The summed E-state index contributed by atoms with van der Waals surface area (Å²) >= 11 is 1.28. The van der Waals surface area contributed by atoms with Crippen LogP contribution in [0.2, 0.25) is 0 Å². The standard InChI is InChI=1S/C24H23F4N7S/c1-33(2)23-32-21-20(36-23)19(16-6-3-14(25)9-18(16)26)30-22(31-21)34-8-7-24(27,28)17(12-34)13-10-29-35(11-13)15-4-5-15/h3,6,9-11,15,17H,4-5,7-8,12H2,1-2H3/t17-/m1/s1. The topological polar surface area (TPSA) is 63.0 Å². The molecule has 4 heterocycles.